The van der Waals surface area contributed by atoms with Crippen molar-refractivity contribution in [2.24, 2.45) is 5.41 Å². The molecular formula is C11H26N2. The second kappa shape index (κ2) is 5.61. The maximum absolute atomic E-state index is 3.55. The van der Waals surface area contributed by atoms with Gasteiger partial charge >= 0.3 is 0 Å². The summed E-state index contributed by atoms with van der Waals surface area (Å²) in [6, 6.07) is 0.627. The summed E-state index contributed by atoms with van der Waals surface area (Å²) >= 11 is 0. The van der Waals surface area contributed by atoms with Crippen molar-refractivity contribution < 1.29 is 0 Å². The molecule has 0 aromatic heterocycles. The van der Waals surface area contributed by atoms with E-state index in [9.17, 15) is 0 Å². The first-order valence-electron chi connectivity index (χ1n) is 5.19. The maximum Gasteiger partial charge on any atom is 0.00511 e. The Morgan fingerprint density at radius 2 is 1.77 bits per heavy atom. The number of hydrogen-bond donors (Lipinski definition) is 1. The van der Waals surface area contributed by atoms with Crippen LogP contribution in [0.5, 0.6) is 0 Å². The Morgan fingerprint density at radius 3 is 2.15 bits per heavy atom. The lowest BCUT2D eigenvalue weighted by molar-refractivity contribution is 0.324. The quantitative estimate of drug-likeness (QED) is 0.706. The van der Waals surface area contributed by atoms with Gasteiger partial charge < -0.3 is 10.2 Å². The van der Waals surface area contributed by atoms with Crippen LogP contribution in [0.4, 0.5) is 0 Å². The van der Waals surface area contributed by atoms with Crippen molar-refractivity contribution in [3.8, 4) is 0 Å². The molecule has 2 nitrogen and oxygen atoms in total. The number of nitrogens with zero attached hydrogens (tertiary/aromatic N) is 1. The summed E-state index contributed by atoms with van der Waals surface area (Å²) in [6.07, 6.45) is 1.23. The van der Waals surface area contributed by atoms with Gasteiger partial charge in [-0.25, -0.2) is 0 Å². The summed E-state index contributed by atoms with van der Waals surface area (Å²) in [6.45, 7) is 11.3. The van der Waals surface area contributed by atoms with Crippen LogP contribution in [0.15, 0.2) is 0 Å². The first-order chi connectivity index (χ1) is 5.81. The Hall–Kier alpha value is -0.0800. The molecule has 13 heavy (non-hydrogen) atoms. The smallest absolute Gasteiger partial charge is 0.00511 e. The lowest BCUT2D eigenvalue weighted by atomic mass is 9.96. The highest BCUT2D eigenvalue weighted by Crippen LogP contribution is 2.10. The van der Waals surface area contributed by atoms with Crippen molar-refractivity contribution in [2.45, 2.75) is 40.2 Å². The predicted octanol–water partition coefficient (Wildman–Crippen LogP) is 1.96. The molecule has 1 N–H and O–H groups in total. The maximum atomic E-state index is 3.55. The van der Waals surface area contributed by atoms with Crippen LogP contribution < -0.4 is 5.32 Å². The topological polar surface area (TPSA) is 15.3 Å². The van der Waals surface area contributed by atoms with Crippen molar-refractivity contribution >= 4 is 0 Å². The van der Waals surface area contributed by atoms with E-state index in [-0.39, 0.29) is 0 Å². The van der Waals surface area contributed by atoms with Crippen LogP contribution in [0.1, 0.15) is 34.1 Å². The molecular weight excluding hydrogens is 160 g/mol. The van der Waals surface area contributed by atoms with Crippen molar-refractivity contribution in [3.05, 3.63) is 0 Å². The summed E-state index contributed by atoms with van der Waals surface area (Å²) in [5, 5.41) is 3.55. The van der Waals surface area contributed by atoms with Crippen molar-refractivity contribution in [2.75, 3.05) is 27.2 Å². The molecule has 0 aromatic carbocycles. The molecule has 0 rings (SSSR count). The molecule has 0 saturated heterocycles. The van der Waals surface area contributed by atoms with Crippen LogP contribution in [-0.4, -0.2) is 38.1 Å². The molecule has 0 spiro atoms. The lowest BCUT2D eigenvalue weighted by Gasteiger charge is -2.23. The van der Waals surface area contributed by atoms with Crippen molar-refractivity contribution in [3.63, 3.8) is 0 Å². The second-order valence-electron chi connectivity index (χ2n) is 5.43. The van der Waals surface area contributed by atoms with Crippen molar-refractivity contribution in [1.29, 1.82) is 0 Å². The molecule has 0 bridgehead atoms. The minimum atomic E-state index is 0.395. The van der Waals surface area contributed by atoms with E-state index < -0.39 is 0 Å². The van der Waals surface area contributed by atoms with Crippen LogP contribution in [-0.2, 0) is 0 Å². The predicted molar refractivity (Wildman–Crippen MR) is 60.1 cm³/mol. The summed E-state index contributed by atoms with van der Waals surface area (Å²) in [7, 11) is 4.24. The Kier molecular flexibility index (Phi) is 5.57. The van der Waals surface area contributed by atoms with E-state index >= 15 is 0 Å². The minimum absolute atomic E-state index is 0.395. The van der Waals surface area contributed by atoms with E-state index in [4.69, 9.17) is 0 Å². The second-order valence-corrected chi connectivity index (χ2v) is 5.43. The molecule has 0 amide bonds. The van der Waals surface area contributed by atoms with Crippen LogP contribution in [0, 0.1) is 5.41 Å². The Bertz CT molecular complexity index is 125. The number of hydrogen-bond acceptors (Lipinski definition) is 2. The van der Waals surface area contributed by atoms with Gasteiger partial charge in [0, 0.05) is 12.6 Å². The van der Waals surface area contributed by atoms with Crippen molar-refractivity contribution in [1.82, 2.24) is 10.2 Å². The fourth-order valence-corrected chi connectivity index (χ4v) is 1.03. The van der Waals surface area contributed by atoms with Gasteiger partial charge in [0.25, 0.3) is 0 Å². The molecule has 0 aliphatic heterocycles. The zero-order valence-corrected chi connectivity index (χ0v) is 10.1. The Morgan fingerprint density at radius 1 is 1.23 bits per heavy atom. The van der Waals surface area contributed by atoms with Gasteiger partial charge in [-0.1, -0.05) is 20.8 Å². The van der Waals surface area contributed by atoms with Gasteiger partial charge in [0.15, 0.2) is 0 Å². The highest BCUT2D eigenvalue weighted by atomic mass is 15.1. The monoisotopic (exact) mass is 186 g/mol. The van der Waals surface area contributed by atoms with Gasteiger partial charge in [0.05, 0.1) is 0 Å². The first-order valence-corrected chi connectivity index (χ1v) is 5.19. The minimum Gasteiger partial charge on any atom is -0.314 e. The van der Waals surface area contributed by atoms with Gasteiger partial charge in [0.2, 0.25) is 0 Å². The summed E-state index contributed by atoms with van der Waals surface area (Å²) < 4.78 is 0. The largest absolute Gasteiger partial charge is 0.314 e. The third-order valence-electron chi connectivity index (χ3n) is 1.99. The van der Waals surface area contributed by atoms with E-state index in [1.807, 2.05) is 0 Å². The summed E-state index contributed by atoms with van der Waals surface area (Å²) in [4.78, 5) is 2.23. The van der Waals surface area contributed by atoms with E-state index in [0.29, 0.717) is 11.5 Å². The molecule has 0 saturated carbocycles. The standard InChI is InChI=1S/C11H26N2/c1-10(7-8-13(5)6)12-9-11(2,3)4/h10,12H,7-9H2,1-6H3. The Labute approximate surface area is 83.7 Å². The normalized spacial score (nSPS) is 15.0. The third kappa shape index (κ3) is 9.84. The zero-order valence-electron chi connectivity index (χ0n) is 10.1. The highest BCUT2D eigenvalue weighted by molar-refractivity contribution is 4.69. The molecule has 0 aliphatic rings. The molecule has 0 aliphatic carbocycles. The van der Waals surface area contributed by atoms with E-state index in [1.54, 1.807) is 0 Å². The van der Waals surface area contributed by atoms with Gasteiger partial charge in [-0.05, 0) is 39.4 Å². The third-order valence-corrected chi connectivity index (χ3v) is 1.99. The molecule has 1 atom stereocenters. The number of nitrogens with one attached hydrogen (secondary N) is 1. The fourth-order valence-electron chi connectivity index (χ4n) is 1.03. The summed E-state index contributed by atoms with van der Waals surface area (Å²) in [5.41, 5.74) is 0.395. The van der Waals surface area contributed by atoms with Gasteiger partial charge in [-0.3, -0.25) is 0 Å². The molecule has 1 unspecified atom stereocenters. The summed E-state index contributed by atoms with van der Waals surface area (Å²) in [5.74, 6) is 0. The molecule has 0 radical (unpaired) electrons. The van der Waals surface area contributed by atoms with E-state index in [0.717, 1.165) is 13.1 Å². The molecule has 0 aromatic rings. The Balaban J connectivity index is 3.46. The average molecular weight is 186 g/mol. The van der Waals surface area contributed by atoms with Crippen LogP contribution in [0.25, 0.3) is 0 Å². The van der Waals surface area contributed by atoms with Gasteiger partial charge in [-0.15, -0.1) is 0 Å². The zero-order chi connectivity index (χ0) is 10.5. The van der Waals surface area contributed by atoms with Gasteiger partial charge in [-0.2, -0.15) is 0 Å². The van der Waals surface area contributed by atoms with Gasteiger partial charge in [0.1, 0.15) is 0 Å². The lowest BCUT2D eigenvalue weighted by Crippen LogP contribution is -2.35. The SMILES string of the molecule is CC(CCN(C)C)NCC(C)(C)C. The van der Waals surface area contributed by atoms with Crippen LogP contribution >= 0.6 is 0 Å². The highest BCUT2D eigenvalue weighted by Gasteiger charge is 2.11. The van der Waals surface area contributed by atoms with E-state index in [1.165, 1.54) is 6.42 Å². The first kappa shape index (κ1) is 12.9. The van der Waals surface area contributed by atoms with Crippen LogP contribution in [0.2, 0.25) is 0 Å². The van der Waals surface area contributed by atoms with E-state index in [2.05, 4.69) is 52.0 Å². The molecule has 0 heterocycles. The van der Waals surface area contributed by atoms with Crippen LogP contribution in [0.3, 0.4) is 0 Å². The molecule has 80 valence electrons. The fraction of sp³-hybridized carbons (Fsp3) is 1.00. The molecule has 2 heteroatoms. The number of rotatable bonds is 5. The average Bonchev–Trinajstić information content (AvgIpc) is 1.95. The molecule has 0 fully saturated rings.